The highest BCUT2D eigenvalue weighted by atomic mass is 32.2. The van der Waals surface area contributed by atoms with Gasteiger partial charge in [-0.05, 0) is 93.7 Å². The predicted molar refractivity (Wildman–Crippen MR) is 181 cm³/mol. The Labute approximate surface area is 283 Å². The molecule has 0 spiro atoms. The number of alkyl halides is 3. The lowest BCUT2D eigenvalue weighted by molar-refractivity contribution is -0.228. The van der Waals surface area contributed by atoms with Gasteiger partial charge in [0.25, 0.3) is 0 Å². The Morgan fingerprint density at radius 1 is 1.02 bits per heavy atom. The number of halogens is 3. The van der Waals surface area contributed by atoms with Crippen LogP contribution in [0.25, 0.3) is 0 Å². The molecule has 0 aromatic rings. The number of ether oxygens (including phenoxy) is 1. The summed E-state index contributed by atoms with van der Waals surface area (Å²) in [5.41, 5.74) is -6.90. The second-order valence-corrected chi connectivity index (χ2v) is 15.8. The van der Waals surface area contributed by atoms with Crippen molar-refractivity contribution in [1.29, 1.82) is 0 Å². The van der Waals surface area contributed by atoms with E-state index in [-0.39, 0.29) is 31.3 Å². The van der Waals surface area contributed by atoms with Crippen LogP contribution in [-0.2, 0) is 19.1 Å². The highest BCUT2D eigenvalue weighted by Crippen LogP contribution is 2.72. The number of carbonyl (C=O) groups is 3. The third-order valence-corrected chi connectivity index (χ3v) is 12.7. The lowest BCUT2D eigenvalue weighted by Crippen LogP contribution is -2.70. The van der Waals surface area contributed by atoms with E-state index in [2.05, 4.69) is 19.1 Å². The second kappa shape index (κ2) is 15.8. The Balaban J connectivity index is 1.43. The summed E-state index contributed by atoms with van der Waals surface area (Å²) in [6.45, 7) is 7.20. The minimum absolute atomic E-state index is 0.0217. The minimum atomic E-state index is -2.32. The summed E-state index contributed by atoms with van der Waals surface area (Å²) in [5.74, 6) is -3.24. The molecule has 0 heterocycles. The van der Waals surface area contributed by atoms with Crippen LogP contribution < -0.4 is 0 Å². The number of hydrogen-bond acceptors (Lipinski definition) is 6. The fourth-order valence-corrected chi connectivity index (χ4v) is 10.4. The van der Waals surface area contributed by atoms with Crippen molar-refractivity contribution in [3.63, 3.8) is 0 Å². The van der Waals surface area contributed by atoms with Crippen molar-refractivity contribution in [1.82, 2.24) is 0 Å². The Hall–Kier alpha value is -1.87. The molecule has 4 rings (SSSR count). The molecule has 2 unspecified atom stereocenters. The third kappa shape index (κ3) is 6.95. The van der Waals surface area contributed by atoms with Gasteiger partial charge < -0.3 is 9.84 Å². The highest BCUT2D eigenvalue weighted by Gasteiger charge is 2.78. The van der Waals surface area contributed by atoms with Crippen LogP contribution in [0, 0.1) is 28.6 Å². The molecule has 0 aromatic heterocycles. The maximum atomic E-state index is 17.6. The first-order valence-electron chi connectivity index (χ1n) is 17.9. The van der Waals surface area contributed by atoms with Crippen LogP contribution in [0.3, 0.4) is 0 Å². The van der Waals surface area contributed by atoms with Crippen molar-refractivity contribution in [3.05, 3.63) is 36.0 Å². The molecule has 0 aliphatic heterocycles. The van der Waals surface area contributed by atoms with Gasteiger partial charge in [-0.1, -0.05) is 77.5 Å². The summed E-state index contributed by atoms with van der Waals surface area (Å²) in [6.07, 6.45) is 16.6. The summed E-state index contributed by atoms with van der Waals surface area (Å²) in [6, 6.07) is -1.02. The molecular formula is C38H55F3O5S. The molecule has 1 N–H and O–H groups in total. The summed E-state index contributed by atoms with van der Waals surface area (Å²) in [7, 11) is 0. The van der Waals surface area contributed by atoms with Crippen LogP contribution in [0.2, 0.25) is 0 Å². The van der Waals surface area contributed by atoms with Crippen LogP contribution >= 0.6 is 11.8 Å². The fraction of sp³-hybridized carbons (Fsp3) is 0.763. The van der Waals surface area contributed by atoms with Crippen molar-refractivity contribution in [2.24, 2.45) is 28.6 Å². The van der Waals surface area contributed by atoms with Crippen LogP contribution in [-0.4, -0.2) is 51.5 Å². The number of hydrogen-bond donors (Lipinski definition) is 1. The van der Waals surface area contributed by atoms with Crippen LogP contribution in [0.1, 0.15) is 124 Å². The van der Waals surface area contributed by atoms with Crippen LogP contribution in [0.15, 0.2) is 36.0 Å². The van der Waals surface area contributed by atoms with E-state index in [9.17, 15) is 23.9 Å². The van der Waals surface area contributed by atoms with Crippen molar-refractivity contribution >= 4 is 28.6 Å². The fourth-order valence-electron chi connectivity index (χ4n) is 9.59. The minimum Gasteiger partial charge on any atom is -0.449 e. The summed E-state index contributed by atoms with van der Waals surface area (Å²) in [5, 5.41) is 11.0. The molecule has 0 amide bonds. The molecule has 4 aliphatic carbocycles. The number of unbranched alkanes of at least 4 members (excludes halogenated alkanes) is 9. The Kier molecular flexibility index (Phi) is 12.7. The quantitative estimate of drug-likeness (QED) is 0.0995. The van der Waals surface area contributed by atoms with Gasteiger partial charge in [0.1, 0.15) is 12.2 Å². The van der Waals surface area contributed by atoms with Crippen molar-refractivity contribution < 1.29 is 37.4 Å². The van der Waals surface area contributed by atoms with Gasteiger partial charge in [-0.3, -0.25) is 14.4 Å². The van der Waals surface area contributed by atoms with E-state index in [0.29, 0.717) is 18.2 Å². The van der Waals surface area contributed by atoms with E-state index >= 15 is 8.78 Å². The SMILES string of the molecule is CCCCCC/C=C\CCCCCCCC(=O)O[C@]1(C(=O)SCF)[C@H](C)CC2C3C[C@H](F)C4=CC(=O)C=C[C@]4(C)[C@@]3(F)[C@@H](O)C[C@@]21C. The van der Waals surface area contributed by atoms with E-state index in [0.717, 1.165) is 44.6 Å². The summed E-state index contributed by atoms with van der Waals surface area (Å²) in [4.78, 5) is 39.4. The summed E-state index contributed by atoms with van der Waals surface area (Å²) >= 11 is 0.427. The number of carbonyl (C=O) groups excluding carboxylic acids is 3. The zero-order valence-electron chi connectivity index (χ0n) is 28.7. The molecule has 5 nitrogen and oxygen atoms in total. The molecule has 4 aliphatic rings. The number of ketones is 1. The monoisotopic (exact) mass is 680 g/mol. The van der Waals surface area contributed by atoms with Gasteiger partial charge in [-0.2, -0.15) is 0 Å². The number of aliphatic hydroxyl groups excluding tert-OH is 1. The Morgan fingerprint density at radius 3 is 2.32 bits per heavy atom. The average Bonchev–Trinajstić information content (AvgIpc) is 3.24. The molecule has 3 saturated carbocycles. The van der Waals surface area contributed by atoms with E-state index in [4.69, 9.17) is 4.74 Å². The van der Waals surface area contributed by atoms with E-state index < -0.39 is 75.0 Å². The standard InChI is InChI=1S/C38H55F3O5S/c1-5-6-7-8-9-10-11-12-13-14-15-16-17-18-33(44)46-38(34(45)47-25-39)26(2)21-28-29-23-31(40)30-22-27(42)19-20-35(30,3)37(29,41)32(43)24-36(28,38)4/h10-11,19-20,22,26,28-29,31-32,43H,5-9,12-18,21,23-25H2,1-4H3/b11-10-/t26-,28?,29?,31+,32+,35+,36+,37+,38+/m1/s1. The van der Waals surface area contributed by atoms with Crippen molar-refractivity contribution in [2.45, 2.75) is 148 Å². The zero-order valence-corrected chi connectivity index (χ0v) is 29.5. The number of esters is 1. The normalized spacial score (nSPS) is 37.7. The topological polar surface area (TPSA) is 80.7 Å². The lowest BCUT2D eigenvalue weighted by Gasteiger charge is -2.63. The maximum Gasteiger partial charge on any atom is 0.306 e. The van der Waals surface area contributed by atoms with E-state index in [1.54, 1.807) is 13.8 Å². The van der Waals surface area contributed by atoms with Crippen molar-refractivity contribution in [3.8, 4) is 0 Å². The van der Waals surface area contributed by atoms with Gasteiger partial charge >= 0.3 is 5.97 Å². The number of fused-ring (bicyclic) bond motifs is 5. The van der Waals surface area contributed by atoms with Crippen LogP contribution in [0.5, 0.6) is 0 Å². The zero-order chi connectivity index (χ0) is 34.5. The molecule has 0 bridgehead atoms. The molecule has 9 atom stereocenters. The van der Waals surface area contributed by atoms with Crippen molar-refractivity contribution in [2.75, 3.05) is 6.01 Å². The largest absolute Gasteiger partial charge is 0.449 e. The smallest absolute Gasteiger partial charge is 0.306 e. The first-order valence-corrected chi connectivity index (χ1v) is 18.9. The predicted octanol–water partition coefficient (Wildman–Crippen LogP) is 9.28. The highest BCUT2D eigenvalue weighted by molar-refractivity contribution is 8.13. The molecule has 0 saturated heterocycles. The van der Waals surface area contributed by atoms with Gasteiger partial charge in [-0.25, -0.2) is 13.2 Å². The van der Waals surface area contributed by atoms with Gasteiger partial charge in [0, 0.05) is 29.1 Å². The lowest BCUT2D eigenvalue weighted by atomic mass is 9.44. The third-order valence-electron chi connectivity index (χ3n) is 12.1. The van der Waals surface area contributed by atoms with Gasteiger partial charge in [0.2, 0.25) is 5.12 Å². The van der Waals surface area contributed by atoms with E-state index in [1.165, 1.54) is 44.8 Å². The average molecular weight is 681 g/mol. The first kappa shape index (κ1) is 37.9. The molecule has 264 valence electrons. The number of thioether (sulfide) groups is 1. The molecule has 0 radical (unpaired) electrons. The number of rotatable bonds is 16. The molecule has 9 heteroatoms. The number of aliphatic hydroxyl groups is 1. The maximum absolute atomic E-state index is 17.6. The molecule has 0 aromatic carbocycles. The summed E-state index contributed by atoms with van der Waals surface area (Å²) < 4.78 is 53.2. The van der Waals surface area contributed by atoms with E-state index in [1.807, 2.05) is 0 Å². The Morgan fingerprint density at radius 2 is 1.66 bits per heavy atom. The van der Waals surface area contributed by atoms with Gasteiger partial charge in [0.15, 0.2) is 17.1 Å². The van der Waals surface area contributed by atoms with Gasteiger partial charge in [0.05, 0.1) is 6.10 Å². The second-order valence-electron chi connectivity index (χ2n) is 14.9. The van der Waals surface area contributed by atoms with Gasteiger partial charge in [-0.15, -0.1) is 0 Å². The number of allylic oxidation sites excluding steroid dienone is 6. The molecule has 3 fully saturated rings. The molecule has 47 heavy (non-hydrogen) atoms. The first-order chi connectivity index (χ1) is 22.3. The Bertz CT molecular complexity index is 1240. The van der Waals surface area contributed by atoms with Crippen LogP contribution in [0.4, 0.5) is 13.2 Å². The molecular weight excluding hydrogens is 625 g/mol.